The van der Waals surface area contributed by atoms with Crippen molar-refractivity contribution in [2.45, 2.75) is 51.6 Å². The van der Waals surface area contributed by atoms with Crippen LogP contribution in [0.4, 0.5) is 11.5 Å². The summed E-state index contributed by atoms with van der Waals surface area (Å²) in [6, 6.07) is 3.60. The Morgan fingerprint density at radius 2 is 1.96 bits per heavy atom. The van der Waals surface area contributed by atoms with E-state index in [2.05, 4.69) is 23.8 Å². The van der Waals surface area contributed by atoms with E-state index < -0.39 is 5.60 Å². The van der Waals surface area contributed by atoms with Crippen molar-refractivity contribution in [2.75, 3.05) is 24.2 Å². The first-order valence-electron chi connectivity index (χ1n) is 8.91. The van der Waals surface area contributed by atoms with Crippen LogP contribution in [-0.4, -0.2) is 39.4 Å². The normalized spacial score (nSPS) is 15.3. The van der Waals surface area contributed by atoms with Gasteiger partial charge in [0.1, 0.15) is 17.9 Å². The van der Waals surface area contributed by atoms with Crippen molar-refractivity contribution in [3.05, 3.63) is 29.6 Å². The number of aromatic hydroxyl groups is 1. The van der Waals surface area contributed by atoms with Crippen molar-refractivity contribution in [1.82, 2.24) is 9.97 Å². The first-order chi connectivity index (χ1) is 12.0. The number of aromatic nitrogens is 2. The number of rotatable bonds is 4. The van der Waals surface area contributed by atoms with E-state index in [-0.39, 0.29) is 11.2 Å². The minimum atomic E-state index is -0.758. The van der Waals surface area contributed by atoms with Gasteiger partial charge in [-0.1, -0.05) is 13.8 Å². The molecule has 0 saturated heterocycles. The minimum Gasteiger partial charge on any atom is -0.506 e. The Morgan fingerprint density at radius 1 is 1.27 bits per heavy atom. The lowest BCUT2D eigenvalue weighted by molar-refractivity contribution is 0.0733. The molecule has 26 heavy (non-hydrogen) atoms. The summed E-state index contributed by atoms with van der Waals surface area (Å²) in [6.45, 7) is 8.46. The molecule has 0 unspecified atom stereocenters. The number of hydrogen-bond donors (Lipinski definition) is 3. The van der Waals surface area contributed by atoms with E-state index in [0.29, 0.717) is 18.8 Å². The highest BCUT2D eigenvalue weighted by molar-refractivity contribution is 5.82. The molecule has 1 heterocycles. The summed E-state index contributed by atoms with van der Waals surface area (Å²) in [5, 5.41) is 20.6. The van der Waals surface area contributed by atoms with Gasteiger partial charge in [0, 0.05) is 24.7 Å². The van der Waals surface area contributed by atoms with Crippen LogP contribution in [0.25, 0.3) is 11.3 Å². The summed E-state index contributed by atoms with van der Waals surface area (Å²) in [4.78, 5) is 10.7. The molecule has 1 aliphatic rings. The van der Waals surface area contributed by atoms with Crippen LogP contribution in [-0.2, 0) is 11.8 Å². The number of nitrogens with two attached hydrogens (primary N) is 1. The highest BCUT2D eigenvalue weighted by Gasteiger charge is 2.36. The molecular weight excluding hydrogens is 328 g/mol. The summed E-state index contributed by atoms with van der Waals surface area (Å²) < 4.78 is 0. The number of phenols is 1. The molecule has 0 amide bonds. The van der Waals surface area contributed by atoms with Crippen molar-refractivity contribution < 1.29 is 10.2 Å². The van der Waals surface area contributed by atoms with Crippen LogP contribution in [0.2, 0.25) is 0 Å². The van der Waals surface area contributed by atoms with Crippen LogP contribution < -0.4 is 10.6 Å². The largest absolute Gasteiger partial charge is 0.506 e. The van der Waals surface area contributed by atoms with Gasteiger partial charge in [-0.05, 0) is 49.8 Å². The summed E-state index contributed by atoms with van der Waals surface area (Å²) in [5.41, 5.74) is 9.79. The van der Waals surface area contributed by atoms with Crippen LogP contribution in [0.1, 0.15) is 45.2 Å². The van der Waals surface area contributed by atoms with Crippen molar-refractivity contribution in [1.29, 1.82) is 0 Å². The third kappa shape index (κ3) is 3.21. The van der Waals surface area contributed by atoms with Crippen LogP contribution in [0.15, 0.2) is 18.5 Å². The zero-order valence-electron chi connectivity index (χ0n) is 16.2. The van der Waals surface area contributed by atoms with Crippen LogP contribution in [0.5, 0.6) is 5.75 Å². The molecule has 0 fully saturated rings. The van der Waals surface area contributed by atoms with E-state index in [1.807, 2.05) is 18.0 Å². The number of anilines is 2. The molecule has 0 spiro atoms. The second-order valence-corrected chi connectivity index (χ2v) is 8.49. The van der Waals surface area contributed by atoms with E-state index in [1.54, 1.807) is 19.9 Å². The molecule has 0 bridgehead atoms. The van der Waals surface area contributed by atoms with E-state index in [9.17, 15) is 10.2 Å². The molecular formula is C20H28N4O2. The van der Waals surface area contributed by atoms with Gasteiger partial charge in [0.25, 0.3) is 0 Å². The van der Waals surface area contributed by atoms with Crippen molar-refractivity contribution in [3.8, 4) is 17.0 Å². The van der Waals surface area contributed by atoms with E-state index in [1.165, 1.54) is 6.33 Å². The highest BCUT2D eigenvalue weighted by atomic mass is 16.3. The zero-order valence-corrected chi connectivity index (χ0v) is 16.2. The van der Waals surface area contributed by atoms with Gasteiger partial charge in [-0.15, -0.1) is 0 Å². The Bertz CT molecular complexity index is 840. The summed E-state index contributed by atoms with van der Waals surface area (Å²) in [6.07, 6.45) is 2.81. The lowest BCUT2D eigenvalue weighted by atomic mass is 9.71. The SMILES string of the molecule is CN(CCC(C)(C)O)c1c(O)ccc2c1CC(C)(C)c1c(N)ncnc1-2. The van der Waals surface area contributed by atoms with E-state index in [0.717, 1.165) is 34.5 Å². The summed E-state index contributed by atoms with van der Waals surface area (Å²) in [7, 11) is 1.94. The number of nitrogens with zero attached hydrogens (tertiary/aromatic N) is 3. The van der Waals surface area contributed by atoms with Crippen molar-refractivity contribution in [3.63, 3.8) is 0 Å². The number of nitrogen functional groups attached to an aromatic ring is 1. The maximum Gasteiger partial charge on any atom is 0.139 e. The quantitative estimate of drug-likeness (QED) is 0.780. The van der Waals surface area contributed by atoms with Crippen LogP contribution in [0.3, 0.4) is 0 Å². The predicted octanol–water partition coefficient (Wildman–Crippen LogP) is 2.86. The summed E-state index contributed by atoms with van der Waals surface area (Å²) >= 11 is 0. The van der Waals surface area contributed by atoms with Gasteiger partial charge in [-0.3, -0.25) is 0 Å². The fraction of sp³-hybridized carbons (Fsp3) is 0.500. The Hall–Kier alpha value is -2.34. The first-order valence-corrected chi connectivity index (χ1v) is 8.91. The standard InChI is InChI=1S/C20H28N4O2/c1-19(2)10-13-12(16-15(19)18(21)23-11-22-16)6-7-14(25)17(13)24(5)9-8-20(3,4)26/h6-7,11,25-26H,8-10H2,1-5H3,(H2,21,22,23). The van der Waals surface area contributed by atoms with Crippen molar-refractivity contribution in [2.24, 2.45) is 0 Å². The maximum absolute atomic E-state index is 10.6. The fourth-order valence-electron chi connectivity index (χ4n) is 3.80. The maximum atomic E-state index is 10.6. The number of phenolic OH excluding ortho intramolecular Hbond substituents is 1. The molecule has 6 heteroatoms. The average Bonchev–Trinajstić information content (AvgIpc) is 2.51. The molecule has 4 N–H and O–H groups in total. The molecule has 140 valence electrons. The number of aliphatic hydroxyl groups is 1. The van der Waals surface area contributed by atoms with E-state index >= 15 is 0 Å². The fourth-order valence-corrected chi connectivity index (χ4v) is 3.80. The number of benzene rings is 1. The Kier molecular flexibility index (Phi) is 4.35. The molecule has 1 aromatic heterocycles. The van der Waals surface area contributed by atoms with E-state index in [4.69, 9.17) is 5.73 Å². The molecule has 0 atom stereocenters. The lowest BCUT2D eigenvalue weighted by Crippen LogP contribution is -2.32. The van der Waals surface area contributed by atoms with Gasteiger partial charge in [0.05, 0.1) is 17.0 Å². The van der Waals surface area contributed by atoms with Gasteiger partial charge in [-0.25, -0.2) is 9.97 Å². The Labute approximate surface area is 154 Å². The molecule has 6 nitrogen and oxygen atoms in total. The topological polar surface area (TPSA) is 95.5 Å². The van der Waals surface area contributed by atoms with Crippen LogP contribution in [0, 0.1) is 0 Å². The van der Waals surface area contributed by atoms with Gasteiger partial charge in [0.2, 0.25) is 0 Å². The average molecular weight is 356 g/mol. The Balaban J connectivity index is 2.13. The minimum absolute atomic E-state index is 0.239. The van der Waals surface area contributed by atoms with Crippen molar-refractivity contribution >= 4 is 11.5 Å². The Morgan fingerprint density at radius 3 is 2.62 bits per heavy atom. The molecule has 0 radical (unpaired) electrons. The monoisotopic (exact) mass is 356 g/mol. The lowest BCUT2D eigenvalue weighted by Gasteiger charge is -2.37. The van der Waals surface area contributed by atoms with Crippen LogP contribution >= 0.6 is 0 Å². The predicted molar refractivity (Wildman–Crippen MR) is 104 cm³/mol. The smallest absolute Gasteiger partial charge is 0.139 e. The van der Waals surface area contributed by atoms with Gasteiger partial charge in [-0.2, -0.15) is 0 Å². The summed E-state index contributed by atoms with van der Waals surface area (Å²) in [5.74, 6) is 0.749. The third-order valence-corrected chi connectivity index (χ3v) is 5.13. The van der Waals surface area contributed by atoms with Gasteiger partial charge < -0.3 is 20.8 Å². The number of hydrogen-bond acceptors (Lipinski definition) is 6. The molecule has 0 aliphatic heterocycles. The molecule has 0 saturated carbocycles. The molecule has 1 aliphatic carbocycles. The second-order valence-electron chi connectivity index (χ2n) is 8.49. The van der Waals surface area contributed by atoms with Gasteiger partial charge in [0.15, 0.2) is 0 Å². The zero-order chi connectivity index (χ0) is 19.3. The first kappa shape index (κ1) is 18.5. The molecule has 1 aromatic carbocycles. The second kappa shape index (κ2) is 6.13. The molecule has 3 rings (SSSR count). The molecule has 2 aromatic rings. The number of fused-ring (bicyclic) bond motifs is 3. The third-order valence-electron chi connectivity index (χ3n) is 5.13. The van der Waals surface area contributed by atoms with Gasteiger partial charge >= 0.3 is 0 Å². The highest BCUT2D eigenvalue weighted by Crippen LogP contribution is 2.48.